The summed E-state index contributed by atoms with van der Waals surface area (Å²) >= 11 is 23.6. The van der Waals surface area contributed by atoms with Gasteiger partial charge in [0.1, 0.15) is 10.1 Å². The van der Waals surface area contributed by atoms with Crippen LogP contribution in [0.4, 0.5) is 0 Å². The highest BCUT2D eigenvalue weighted by Crippen LogP contribution is 2.63. The molecule has 1 aliphatic carbocycles. The lowest BCUT2D eigenvalue weighted by Crippen LogP contribution is -2.30. The van der Waals surface area contributed by atoms with Crippen molar-refractivity contribution in [2.75, 3.05) is 0 Å². The van der Waals surface area contributed by atoms with Gasteiger partial charge in [-0.2, -0.15) is 5.10 Å². The first-order valence-electron chi connectivity index (χ1n) is 5.99. The number of carbonyl (C=O) groups excluding carboxylic acids is 1. The fraction of sp³-hybridized carbons (Fsp3) is 0.385. The van der Waals surface area contributed by atoms with Gasteiger partial charge in [-0.1, -0.05) is 23.2 Å². The Morgan fingerprint density at radius 2 is 1.95 bits per heavy atom. The number of phenols is 1. The van der Waals surface area contributed by atoms with Crippen LogP contribution in [0.25, 0.3) is 0 Å². The predicted octanol–water partition coefficient (Wildman–Crippen LogP) is 4.12. The Kier molecular flexibility index (Phi) is 4.37. The number of hydrogen-bond donors (Lipinski definition) is 2. The standard InChI is InChI=1S/C13H12Cl4N2O2/c1-6(8-3-7(14)4-9(15)10(8)20)18-19-11(21)12(2)5-13(12,16)17/h3-4,20H,5H2,1-2H3,(H,19,21). The summed E-state index contributed by atoms with van der Waals surface area (Å²) in [6.07, 6.45) is 0.359. The quantitative estimate of drug-likeness (QED) is 0.478. The molecule has 8 heteroatoms. The number of hydrogen-bond acceptors (Lipinski definition) is 3. The van der Waals surface area contributed by atoms with Crippen molar-refractivity contribution in [2.45, 2.75) is 24.6 Å². The van der Waals surface area contributed by atoms with Crippen LogP contribution in [0.1, 0.15) is 25.8 Å². The van der Waals surface area contributed by atoms with Gasteiger partial charge < -0.3 is 5.11 Å². The maximum atomic E-state index is 12.0. The maximum Gasteiger partial charge on any atom is 0.249 e. The van der Waals surface area contributed by atoms with Gasteiger partial charge in [-0.05, 0) is 32.4 Å². The van der Waals surface area contributed by atoms with Crippen LogP contribution in [-0.2, 0) is 4.79 Å². The van der Waals surface area contributed by atoms with Crippen molar-refractivity contribution in [1.82, 2.24) is 5.43 Å². The van der Waals surface area contributed by atoms with Gasteiger partial charge in [0.15, 0.2) is 0 Å². The average molecular weight is 370 g/mol. The van der Waals surface area contributed by atoms with Gasteiger partial charge in [0, 0.05) is 10.6 Å². The Morgan fingerprint density at radius 3 is 2.48 bits per heavy atom. The molecule has 2 rings (SSSR count). The lowest BCUT2D eigenvalue weighted by molar-refractivity contribution is -0.125. The molecule has 0 spiro atoms. The summed E-state index contributed by atoms with van der Waals surface area (Å²) in [5.74, 6) is -0.544. The second-order valence-corrected chi connectivity index (χ2v) is 7.46. The molecule has 114 valence electrons. The second-order valence-electron chi connectivity index (χ2n) is 5.14. The van der Waals surface area contributed by atoms with Gasteiger partial charge in [0.2, 0.25) is 5.91 Å². The molecular formula is C13H12Cl4N2O2. The first-order chi connectivity index (χ1) is 9.58. The summed E-state index contributed by atoms with van der Waals surface area (Å²) in [7, 11) is 0. The second kappa shape index (κ2) is 5.51. The summed E-state index contributed by atoms with van der Waals surface area (Å²) in [5, 5.41) is 14.3. The summed E-state index contributed by atoms with van der Waals surface area (Å²) in [4.78, 5) is 12.0. The molecule has 2 N–H and O–H groups in total. The summed E-state index contributed by atoms with van der Waals surface area (Å²) in [6, 6.07) is 2.91. The third-order valence-electron chi connectivity index (χ3n) is 3.50. The van der Waals surface area contributed by atoms with Crippen molar-refractivity contribution in [3.8, 4) is 5.75 Å². The largest absolute Gasteiger partial charge is 0.506 e. The number of nitrogens with zero attached hydrogens (tertiary/aromatic N) is 1. The number of alkyl halides is 2. The molecule has 0 bridgehead atoms. The number of amides is 1. The predicted molar refractivity (Wildman–Crippen MR) is 85.6 cm³/mol. The van der Waals surface area contributed by atoms with Crippen molar-refractivity contribution in [3.05, 3.63) is 27.7 Å². The Bertz CT molecular complexity index is 645. The van der Waals surface area contributed by atoms with Crippen LogP contribution in [0, 0.1) is 5.41 Å². The number of benzene rings is 1. The van der Waals surface area contributed by atoms with E-state index in [4.69, 9.17) is 46.4 Å². The monoisotopic (exact) mass is 368 g/mol. The Balaban J connectivity index is 2.18. The highest BCUT2D eigenvalue weighted by atomic mass is 35.5. The topological polar surface area (TPSA) is 61.7 Å². The number of aromatic hydroxyl groups is 1. The van der Waals surface area contributed by atoms with E-state index < -0.39 is 9.75 Å². The van der Waals surface area contributed by atoms with Gasteiger partial charge in [-0.15, -0.1) is 23.2 Å². The molecule has 1 aliphatic rings. The number of carbonyl (C=O) groups is 1. The van der Waals surface area contributed by atoms with E-state index in [0.29, 0.717) is 22.7 Å². The van der Waals surface area contributed by atoms with E-state index >= 15 is 0 Å². The molecule has 0 aliphatic heterocycles. The van der Waals surface area contributed by atoms with Crippen molar-refractivity contribution in [2.24, 2.45) is 10.5 Å². The molecule has 0 saturated heterocycles. The average Bonchev–Trinajstić information content (AvgIpc) is 2.91. The van der Waals surface area contributed by atoms with E-state index in [0.717, 1.165) is 0 Å². The Labute approximate surface area is 142 Å². The van der Waals surface area contributed by atoms with Crippen LogP contribution in [0.5, 0.6) is 5.75 Å². The molecule has 1 aromatic rings. The number of phenolic OH excluding ortho intramolecular Hbond substituents is 1. The molecule has 0 heterocycles. The lowest BCUT2D eigenvalue weighted by Gasteiger charge is -2.11. The zero-order chi connectivity index (χ0) is 16.0. The molecule has 1 fully saturated rings. The van der Waals surface area contributed by atoms with E-state index in [1.54, 1.807) is 13.8 Å². The maximum absolute atomic E-state index is 12.0. The van der Waals surface area contributed by atoms with Gasteiger partial charge in [0.05, 0.1) is 16.1 Å². The van der Waals surface area contributed by atoms with Crippen LogP contribution >= 0.6 is 46.4 Å². The van der Waals surface area contributed by atoms with Crippen LogP contribution in [-0.4, -0.2) is 21.1 Å². The van der Waals surface area contributed by atoms with Crippen LogP contribution in [0.3, 0.4) is 0 Å². The molecule has 4 nitrogen and oxygen atoms in total. The zero-order valence-electron chi connectivity index (χ0n) is 11.2. The van der Waals surface area contributed by atoms with Crippen LogP contribution in [0.15, 0.2) is 17.2 Å². The lowest BCUT2D eigenvalue weighted by atomic mass is 10.1. The normalized spacial score (nSPS) is 23.8. The molecule has 1 atom stereocenters. The highest BCUT2D eigenvalue weighted by molar-refractivity contribution is 6.53. The van der Waals surface area contributed by atoms with E-state index in [9.17, 15) is 9.90 Å². The number of halogens is 4. The van der Waals surface area contributed by atoms with Crippen LogP contribution in [0.2, 0.25) is 10.0 Å². The van der Waals surface area contributed by atoms with E-state index in [1.807, 2.05) is 0 Å². The smallest absolute Gasteiger partial charge is 0.249 e. The summed E-state index contributed by atoms with van der Waals surface area (Å²) in [6.45, 7) is 3.26. The molecule has 1 aromatic carbocycles. The van der Waals surface area contributed by atoms with Crippen molar-refractivity contribution >= 4 is 58.0 Å². The molecular weight excluding hydrogens is 358 g/mol. The van der Waals surface area contributed by atoms with Crippen molar-refractivity contribution < 1.29 is 9.90 Å². The molecule has 0 radical (unpaired) electrons. The first kappa shape index (κ1) is 16.7. The minimum Gasteiger partial charge on any atom is -0.506 e. The SMILES string of the molecule is CC(=NNC(=O)C1(C)CC1(Cl)Cl)c1cc(Cl)cc(Cl)c1O. The molecule has 1 amide bonds. The van der Waals surface area contributed by atoms with Gasteiger partial charge in [-0.25, -0.2) is 5.43 Å². The first-order valence-corrected chi connectivity index (χ1v) is 7.50. The molecule has 1 unspecified atom stereocenters. The molecule has 21 heavy (non-hydrogen) atoms. The van der Waals surface area contributed by atoms with Gasteiger partial charge in [0.25, 0.3) is 0 Å². The highest BCUT2D eigenvalue weighted by Gasteiger charge is 2.68. The third kappa shape index (κ3) is 3.09. The number of nitrogens with one attached hydrogen (secondary N) is 1. The third-order valence-corrected chi connectivity index (χ3v) is 5.11. The van der Waals surface area contributed by atoms with Crippen molar-refractivity contribution in [1.29, 1.82) is 0 Å². The Hall–Kier alpha value is -0.680. The van der Waals surface area contributed by atoms with Crippen molar-refractivity contribution in [3.63, 3.8) is 0 Å². The molecule has 0 aromatic heterocycles. The van der Waals surface area contributed by atoms with Gasteiger partial charge >= 0.3 is 0 Å². The fourth-order valence-corrected chi connectivity index (χ4v) is 3.01. The molecule has 1 saturated carbocycles. The summed E-state index contributed by atoms with van der Waals surface area (Å²) in [5.41, 5.74) is 2.20. The van der Waals surface area contributed by atoms with Gasteiger partial charge in [-0.3, -0.25) is 4.79 Å². The summed E-state index contributed by atoms with van der Waals surface area (Å²) < 4.78 is -1.07. The van der Waals surface area contributed by atoms with E-state index in [1.165, 1.54) is 12.1 Å². The zero-order valence-corrected chi connectivity index (χ0v) is 14.2. The van der Waals surface area contributed by atoms with E-state index in [2.05, 4.69) is 10.5 Å². The Morgan fingerprint density at radius 1 is 1.38 bits per heavy atom. The minimum absolute atomic E-state index is 0.105. The fourth-order valence-electron chi connectivity index (χ4n) is 1.81. The number of rotatable bonds is 3. The van der Waals surface area contributed by atoms with E-state index in [-0.39, 0.29) is 16.7 Å². The number of hydrazone groups is 1. The minimum atomic E-state index is -1.07. The van der Waals surface area contributed by atoms with Crippen LogP contribution < -0.4 is 5.43 Å².